The van der Waals surface area contributed by atoms with E-state index in [0.29, 0.717) is 19.9 Å². The van der Waals surface area contributed by atoms with E-state index in [9.17, 15) is 4.79 Å². The Morgan fingerprint density at radius 1 is 1.41 bits per heavy atom. The summed E-state index contributed by atoms with van der Waals surface area (Å²) in [4.78, 5) is 16.0. The number of rotatable bonds is 2. The van der Waals surface area contributed by atoms with Crippen LogP contribution >= 0.6 is 43.5 Å². The minimum absolute atomic E-state index is 0.224. The van der Waals surface area contributed by atoms with Gasteiger partial charge in [-0.05, 0) is 31.9 Å². The average molecular weight is 382 g/mol. The van der Waals surface area contributed by atoms with E-state index in [0.717, 1.165) is 0 Å². The highest BCUT2D eigenvalue weighted by molar-refractivity contribution is 9.13. The maximum atomic E-state index is 11.9. The Labute approximate surface area is 119 Å². The fraction of sp³-hybridized carbons (Fsp3) is 0.222. The first kappa shape index (κ1) is 12.8. The van der Waals surface area contributed by atoms with Gasteiger partial charge < -0.3 is 4.57 Å². The highest BCUT2D eigenvalue weighted by Crippen LogP contribution is 2.17. The molecule has 0 aliphatic carbocycles. The van der Waals surface area contributed by atoms with Crippen molar-refractivity contribution in [1.29, 1.82) is 0 Å². The maximum absolute atomic E-state index is 11.9. The minimum Gasteiger partial charge on any atom is -0.321 e. The smallest absolute Gasteiger partial charge is 0.282 e. The van der Waals surface area contributed by atoms with E-state index in [1.807, 2.05) is 0 Å². The summed E-state index contributed by atoms with van der Waals surface area (Å²) in [5.41, 5.74) is -0.224. The van der Waals surface area contributed by atoms with E-state index in [-0.39, 0.29) is 12.1 Å². The molecule has 0 spiro atoms. The summed E-state index contributed by atoms with van der Waals surface area (Å²) in [6, 6.07) is 0. The molecule has 2 aromatic rings. The fourth-order valence-electron chi connectivity index (χ4n) is 1.26. The molecule has 0 fully saturated rings. The van der Waals surface area contributed by atoms with E-state index in [4.69, 9.17) is 11.6 Å². The Hall–Kier alpha value is -0.660. The van der Waals surface area contributed by atoms with Gasteiger partial charge in [-0.1, -0.05) is 11.6 Å². The Morgan fingerprint density at radius 3 is 2.71 bits per heavy atom. The molecule has 0 aliphatic heterocycles. The molecule has 2 heterocycles. The van der Waals surface area contributed by atoms with E-state index < -0.39 is 0 Å². The van der Waals surface area contributed by atoms with Crippen LogP contribution in [-0.2, 0) is 13.6 Å². The van der Waals surface area contributed by atoms with E-state index in [2.05, 4.69) is 41.9 Å². The van der Waals surface area contributed by atoms with Gasteiger partial charge in [0.2, 0.25) is 0 Å². The summed E-state index contributed by atoms with van der Waals surface area (Å²) in [6.45, 7) is 0.272. The molecule has 0 radical (unpaired) electrons. The molecule has 0 N–H and O–H groups in total. The molecule has 0 amide bonds. The van der Waals surface area contributed by atoms with Crippen molar-refractivity contribution in [2.45, 2.75) is 6.54 Å². The third kappa shape index (κ3) is 2.46. The third-order valence-corrected chi connectivity index (χ3v) is 4.51. The molecule has 0 atom stereocenters. The second-order valence-electron chi connectivity index (χ2n) is 3.33. The fourth-order valence-corrected chi connectivity index (χ4v) is 1.98. The zero-order chi connectivity index (χ0) is 12.6. The molecule has 8 heteroatoms. The summed E-state index contributed by atoms with van der Waals surface area (Å²) in [7, 11) is 1.78. The topological polar surface area (TPSA) is 52.7 Å². The van der Waals surface area contributed by atoms with Crippen LogP contribution in [0.2, 0.25) is 5.15 Å². The summed E-state index contributed by atoms with van der Waals surface area (Å²) < 4.78 is 4.07. The van der Waals surface area contributed by atoms with Gasteiger partial charge >= 0.3 is 0 Å². The molecule has 2 rings (SSSR count). The summed E-state index contributed by atoms with van der Waals surface area (Å²) in [5, 5.41) is 4.53. The highest BCUT2D eigenvalue weighted by atomic mass is 79.9. The van der Waals surface area contributed by atoms with Gasteiger partial charge in [0.05, 0.1) is 16.9 Å². The van der Waals surface area contributed by atoms with Crippen LogP contribution in [0.1, 0.15) is 5.82 Å². The predicted octanol–water partition coefficient (Wildman–Crippen LogP) is 2.20. The molecule has 2 aromatic heterocycles. The van der Waals surface area contributed by atoms with Crippen LogP contribution in [0, 0.1) is 0 Å². The number of aromatic nitrogens is 4. The normalized spacial score (nSPS) is 10.8. The van der Waals surface area contributed by atoms with Gasteiger partial charge in [0, 0.05) is 7.05 Å². The van der Waals surface area contributed by atoms with Crippen molar-refractivity contribution >= 4 is 43.5 Å². The largest absolute Gasteiger partial charge is 0.321 e. The Bertz CT molecular complexity index is 622. The van der Waals surface area contributed by atoms with E-state index in [1.165, 1.54) is 10.9 Å². The molecule has 5 nitrogen and oxygen atoms in total. The van der Waals surface area contributed by atoms with Gasteiger partial charge in [-0.15, -0.1) is 0 Å². The zero-order valence-electron chi connectivity index (χ0n) is 8.69. The molecule has 0 saturated carbocycles. The van der Waals surface area contributed by atoms with Gasteiger partial charge in [0.25, 0.3) is 5.56 Å². The molecule has 0 aromatic carbocycles. The lowest BCUT2D eigenvalue weighted by atomic mass is 10.5. The van der Waals surface area contributed by atoms with Crippen molar-refractivity contribution in [1.82, 2.24) is 19.3 Å². The minimum atomic E-state index is -0.224. The molecule has 0 bridgehead atoms. The molecule has 90 valence electrons. The lowest BCUT2D eigenvalue weighted by Crippen LogP contribution is -2.25. The van der Waals surface area contributed by atoms with Gasteiger partial charge in [-0.25, -0.2) is 9.67 Å². The Morgan fingerprint density at radius 2 is 2.12 bits per heavy atom. The SMILES string of the molecule is Cn1c(Cl)cnc1Cn1ncc(Br)c(Br)c1=O. The van der Waals surface area contributed by atoms with Crippen LogP contribution in [-0.4, -0.2) is 19.3 Å². The lowest BCUT2D eigenvalue weighted by Gasteiger charge is -2.06. The first-order valence-corrected chi connectivity index (χ1v) is 6.54. The van der Waals surface area contributed by atoms with Gasteiger partial charge in [0.15, 0.2) is 0 Å². The van der Waals surface area contributed by atoms with Gasteiger partial charge in [0.1, 0.15) is 22.0 Å². The first-order valence-electron chi connectivity index (χ1n) is 4.58. The monoisotopic (exact) mass is 380 g/mol. The number of nitrogens with zero attached hydrogens (tertiary/aromatic N) is 4. The summed E-state index contributed by atoms with van der Waals surface area (Å²) in [6.07, 6.45) is 3.09. The van der Waals surface area contributed by atoms with Crippen molar-refractivity contribution in [2.75, 3.05) is 0 Å². The standard InChI is InChI=1S/C9H7Br2ClN4O/c1-15-6(12)3-13-7(15)4-16-9(17)8(11)5(10)2-14-16/h2-3H,4H2,1H3. The predicted molar refractivity (Wildman–Crippen MR) is 71.2 cm³/mol. The average Bonchev–Trinajstić information content (AvgIpc) is 2.62. The van der Waals surface area contributed by atoms with Gasteiger partial charge in [-0.2, -0.15) is 5.10 Å². The zero-order valence-corrected chi connectivity index (χ0v) is 12.6. The maximum Gasteiger partial charge on any atom is 0.282 e. The number of imidazole rings is 1. The van der Waals surface area contributed by atoms with Crippen LogP contribution in [0.5, 0.6) is 0 Å². The second kappa shape index (κ2) is 4.91. The highest BCUT2D eigenvalue weighted by Gasteiger charge is 2.10. The van der Waals surface area contributed by atoms with Crippen LogP contribution in [0.25, 0.3) is 0 Å². The van der Waals surface area contributed by atoms with Crippen LogP contribution in [0.3, 0.4) is 0 Å². The molecular formula is C9H7Br2ClN4O. The van der Waals surface area contributed by atoms with Crippen molar-refractivity contribution in [2.24, 2.45) is 7.05 Å². The van der Waals surface area contributed by atoms with Crippen LogP contribution < -0.4 is 5.56 Å². The number of hydrogen-bond acceptors (Lipinski definition) is 3. The molecule has 0 unspecified atom stereocenters. The Balaban J connectivity index is 2.41. The van der Waals surface area contributed by atoms with Crippen LogP contribution in [0.4, 0.5) is 0 Å². The lowest BCUT2D eigenvalue weighted by molar-refractivity contribution is 0.593. The van der Waals surface area contributed by atoms with Crippen molar-refractivity contribution in [3.8, 4) is 0 Å². The van der Waals surface area contributed by atoms with E-state index in [1.54, 1.807) is 17.8 Å². The molecule has 0 saturated heterocycles. The van der Waals surface area contributed by atoms with Gasteiger partial charge in [-0.3, -0.25) is 4.79 Å². The van der Waals surface area contributed by atoms with Crippen molar-refractivity contribution in [3.05, 3.63) is 42.7 Å². The molecule has 0 aliphatic rings. The number of hydrogen-bond donors (Lipinski definition) is 0. The Kier molecular flexibility index (Phi) is 3.70. The quantitative estimate of drug-likeness (QED) is 0.800. The van der Waals surface area contributed by atoms with Crippen molar-refractivity contribution < 1.29 is 0 Å². The third-order valence-electron chi connectivity index (χ3n) is 2.26. The summed E-state index contributed by atoms with van der Waals surface area (Å²) >= 11 is 12.3. The van der Waals surface area contributed by atoms with E-state index >= 15 is 0 Å². The second-order valence-corrected chi connectivity index (χ2v) is 5.36. The first-order chi connectivity index (χ1) is 8.00. The van der Waals surface area contributed by atoms with Crippen LogP contribution in [0.15, 0.2) is 26.1 Å². The molecular weight excluding hydrogens is 375 g/mol. The van der Waals surface area contributed by atoms with Crippen molar-refractivity contribution in [3.63, 3.8) is 0 Å². The summed E-state index contributed by atoms with van der Waals surface area (Å²) in [5.74, 6) is 0.666. The molecule has 17 heavy (non-hydrogen) atoms. The number of halogens is 3.